The minimum atomic E-state index is -1.06. The molecule has 0 radical (unpaired) electrons. The summed E-state index contributed by atoms with van der Waals surface area (Å²) in [5.41, 5.74) is -0.377. The maximum Gasteiger partial charge on any atom is 0.332 e. The van der Waals surface area contributed by atoms with Gasteiger partial charge in [0.25, 0.3) is 0 Å². The number of hydrogen-bond acceptors (Lipinski definition) is 4. The van der Waals surface area contributed by atoms with E-state index in [-0.39, 0.29) is 25.5 Å². The molecule has 2 rings (SSSR count). The molecule has 2 heterocycles. The summed E-state index contributed by atoms with van der Waals surface area (Å²) < 4.78 is 5.02. The number of esters is 1. The lowest BCUT2D eigenvalue weighted by Crippen LogP contribution is -2.48. The van der Waals surface area contributed by atoms with Crippen molar-refractivity contribution in [1.29, 1.82) is 0 Å². The third kappa shape index (κ3) is 1.87. The third-order valence-corrected chi connectivity index (χ3v) is 3.43. The molecule has 0 aromatic heterocycles. The van der Waals surface area contributed by atoms with E-state index in [4.69, 9.17) is 9.84 Å². The van der Waals surface area contributed by atoms with Crippen LogP contribution in [0, 0.1) is 0 Å². The minimum absolute atomic E-state index is 0.114. The van der Waals surface area contributed by atoms with Crippen LogP contribution in [-0.4, -0.2) is 46.5 Å². The van der Waals surface area contributed by atoms with Crippen LogP contribution in [0.4, 0.5) is 0 Å². The predicted molar refractivity (Wildman–Crippen MR) is 60.6 cm³/mol. The van der Waals surface area contributed by atoms with Crippen molar-refractivity contribution in [2.75, 3.05) is 13.2 Å². The first-order chi connectivity index (χ1) is 8.49. The van der Waals surface area contributed by atoms with E-state index in [0.717, 1.165) is 6.08 Å². The highest BCUT2D eigenvalue weighted by molar-refractivity contribution is 5.94. The fraction of sp³-hybridized carbons (Fsp3) is 0.583. The molecular weight excluding hydrogens is 238 g/mol. The van der Waals surface area contributed by atoms with Crippen LogP contribution in [0.15, 0.2) is 11.6 Å². The molecule has 0 aliphatic carbocycles. The van der Waals surface area contributed by atoms with Crippen LogP contribution in [0.2, 0.25) is 0 Å². The summed E-state index contributed by atoms with van der Waals surface area (Å²) in [5, 5.41) is 8.73. The highest BCUT2D eigenvalue weighted by Crippen LogP contribution is 2.42. The smallest absolute Gasteiger partial charge is 0.332 e. The molecule has 2 aliphatic rings. The summed E-state index contributed by atoms with van der Waals surface area (Å²) in [6.45, 7) is 2.17. The lowest BCUT2D eigenvalue weighted by molar-refractivity contribution is -0.157. The predicted octanol–water partition coefficient (Wildman–Crippen LogP) is 0.325. The summed E-state index contributed by atoms with van der Waals surface area (Å²) in [4.78, 5) is 35.9. The molecule has 0 aromatic carbocycles. The van der Waals surface area contributed by atoms with Gasteiger partial charge in [0, 0.05) is 25.5 Å². The van der Waals surface area contributed by atoms with E-state index in [1.807, 2.05) is 0 Å². The zero-order valence-corrected chi connectivity index (χ0v) is 10.1. The van der Waals surface area contributed by atoms with Crippen molar-refractivity contribution in [3.63, 3.8) is 0 Å². The second-order valence-corrected chi connectivity index (χ2v) is 4.55. The van der Waals surface area contributed by atoms with Gasteiger partial charge < -0.3 is 14.7 Å². The number of ether oxygens (including phenoxy) is 1. The van der Waals surface area contributed by atoms with E-state index in [0.29, 0.717) is 18.4 Å². The van der Waals surface area contributed by atoms with Gasteiger partial charge in [-0.1, -0.05) is 0 Å². The highest BCUT2D eigenvalue weighted by atomic mass is 16.5. The van der Waals surface area contributed by atoms with E-state index >= 15 is 0 Å². The number of carboxylic acid groups (broad SMARTS) is 1. The molecule has 18 heavy (non-hydrogen) atoms. The second kappa shape index (κ2) is 4.44. The number of carbonyl (C=O) groups is 3. The summed E-state index contributed by atoms with van der Waals surface area (Å²) in [6.07, 6.45) is 2.07. The topological polar surface area (TPSA) is 83.9 Å². The van der Waals surface area contributed by atoms with Crippen molar-refractivity contribution in [2.24, 2.45) is 0 Å². The highest BCUT2D eigenvalue weighted by Gasteiger charge is 2.56. The van der Waals surface area contributed by atoms with Gasteiger partial charge in [0.1, 0.15) is 5.54 Å². The monoisotopic (exact) mass is 253 g/mol. The molecule has 1 atom stereocenters. The van der Waals surface area contributed by atoms with Crippen molar-refractivity contribution in [3.8, 4) is 0 Å². The van der Waals surface area contributed by atoms with E-state index in [1.54, 1.807) is 6.92 Å². The molecule has 2 aliphatic heterocycles. The van der Waals surface area contributed by atoms with Crippen LogP contribution in [0.1, 0.15) is 26.2 Å². The number of fused-ring (bicyclic) bond motifs is 1. The average molecular weight is 253 g/mol. The summed E-state index contributed by atoms with van der Waals surface area (Å²) in [7, 11) is 0. The first-order valence-corrected chi connectivity index (χ1v) is 5.89. The summed E-state index contributed by atoms with van der Waals surface area (Å²) >= 11 is 0. The Balaban J connectivity index is 2.29. The van der Waals surface area contributed by atoms with Gasteiger partial charge in [0.2, 0.25) is 5.91 Å². The van der Waals surface area contributed by atoms with Crippen LogP contribution in [-0.2, 0) is 19.1 Å². The number of rotatable bonds is 3. The Morgan fingerprint density at radius 1 is 1.56 bits per heavy atom. The average Bonchev–Trinajstić information content (AvgIpc) is 2.78. The van der Waals surface area contributed by atoms with E-state index in [9.17, 15) is 14.4 Å². The largest absolute Gasteiger partial charge is 0.478 e. The van der Waals surface area contributed by atoms with Gasteiger partial charge >= 0.3 is 11.9 Å². The van der Waals surface area contributed by atoms with Gasteiger partial charge in [-0.2, -0.15) is 0 Å². The Kier molecular flexibility index (Phi) is 3.11. The molecule has 6 nitrogen and oxygen atoms in total. The van der Waals surface area contributed by atoms with Crippen LogP contribution in [0.3, 0.4) is 0 Å². The maximum atomic E-state index is 12.0. The molecule has 0 unspecified atom stereocenters. The van der Waals surface area contributed by atoms with E-state index < -0.39 is 17.5 Å². The zero-order valence-electron chi connectivity index (χ0n) is 10.1. The number of aliphatic carboxylic acids is 1. The van der Waals surface area contributed by atoms with Gasteiger partial charge in [-0.05, 0) is 18.9 Å². The molecule has 0 saturated carbocycles. The molecular formula is C12H15NO5. The number of hydrogen-bond donors (Lipinski definition) is 1. The van der Waals surface area contributed by atoms with E-state index in [2.05, 4.69) is 0 Å². The standard InChI is InChI=1S/C12H15NO5/c1-2-18-11(17)12-4-3-9(14)13(12)7-8(6-12)5-10(15)16/h5H,2-4,6-7H2,1H3,(H,15,16)/t12-/m0/s1. The van der Waals surface area contributed by atoms with Gasteiger partial charge in [0.15, 0.2) is 0 Å². The Bertz CT molecular complexity index is 442. The third-order valence-electron chi connectivity index (χ3n) is 3.43. The maximum absolute atomic E-state index is 12.0. The van der Waals surface area contributed by atoms with Gasteiger partial charge in [-0.25, -0.2) is 9.59 Å². The molecule has 98 valence electrons. The van der Waals surface area contributed by atoms with Gasteiger partial charge in [-0.3, -0.25) is 4.79 Å². The summed E-state index contributed by atoms with van der Waals surface area (Å²) in [5.74, 6) is -1.60. The normalized spacial score (nSPS) is 28.6. The molecule has 1 amide bonds. The van der Waals surface area contributed by atoms with Crippen LogP contribution in [0.5, 0.6) is 0 Å². The Hall–Kier alpha value is -1.85. The number of carbonyl (C=O) groups excluding carboxylic acids is 2. The van der Waals surface area contributed by atoms with Crippen LogP contribution < -0.4 is 0 Å². The number of amides is 1. The van der Waals surface area contributed by atoms with E-state index in [1.165, 1.54) is 4.90 Å². The number of nitrogens with zero attached hydrogens (tertiary/aromatic N) is 1. The van der Waals surface area contributed by atoms with Crippen molar-refractivity contribution < 1.29 is 24.2 Å². The molecule has 0 aromatic rings. The lowest BCUT2D eigenvalue weighted by atomic mass is 9.92. The van der Waals surface area contributed by atoms with Crippen molar-refractivity contribution in [3.05, 3.63) is 11.6 Å². The van der Waals surface area contributed by atoms with Crippen molar-refractivity contribution in [2.45, 2.75) is 31.7 Å². The zero-order chi connectivity index (χ0) is 13.3. The van der Waals surface area contributed by atoms with Crippen LogP contribution >= 0.6 is 0 Å². The molecule has 1 N–H and O–H groups in total. The number of carboxylic acids is 1. The van der Waals surface area contributed by atoms with Crippen molar-refractivity contribution >= 4 is 17.8 Å². The Morgan fingerprint density at radius 2 is 2.28 bits per heavy atom. The van der Waals surface area contributed by atoms with Gasteiger partial charge in [0.05, 0.1) is 6.61 Å². The minimum Gasteiger partial charge on any atom is -0.478 e. The molecule has 0 spiro atoms. The van der Waals surface area contributed by atoms with Crippen molar-refractivity contribution in [1.82, 2.24) is 4.90 Å². The fourth-order valence-electron chi connectivity index (χ4n) is 2.70. The fourth-order valence-corrected chi connectivity index (χ4v) is 2.70. The molecule has 0 bridgehead atoms. The second-order valence-electron chi connectivity index (χ2n) is 4.55. The van der Waals surface area contributed by atoms with Gasteiger partial charge in [-0.15, -0.1) is 0 Å². The summed E-state index contributed by atoms with van der Waals surface area (Å²) in [6, 6.07) is 0. The molecule has 2 saturated heterocycles. The SMILES string of the molecule is CCOC(=O)[C@@]12CCC(=O)N1CC(=CC(=O)O)C2. The molecule has 2 fully saturated rings. The first-order valence-electron chi connectivity index (χ1n) is 5.89. The Morgan fingerprint density at radius 3 is 2.89 bits per heavy atom. The Labute approximate surface area is 104 Å². The first kappa shape index (κ1) is 12.6. The molecule has 6 heteroatoms. The lowest BCUT2D eigenvalue weighted by Gasteiger charge is -2.28. The quantitative estimate of drug-likeness (QED) is 0.578. The van der Waals surface area contributed by atoms with Crippen LogP contribution in [0.25, 0.3) is 0 Å².